The van der Waals surface area contributed by atoms with Gasteiger partial charge in [0, 0.05) is 56.4 Å². The van der Waals surface area contributed by atoms with E-state index in [0.717, 1.165) is 76.1 Å². The van der Waals surface area contributed by atoms with Crippen LogP contribution >= 0.6 is 0 Å². The molecule has 0 aliphatic carbocycles. The summed E-state index contributed by atoms with van der Waals surface area (Å²) in [5, 5.41) is 0. The van der Waals surface area contributed by atoms with Crippen molar-refractivity contribution in [3.8, 4) is 11.5 Å². The lowest BCUT2D eigenvalue weighted by atomic mass is 9.99. The van der Waals surface area contributed by atoms with Gasteiger partial charge >= 0.3 is 0 Å². The number of piperidine rings is 1. The van der Waals surface area contributed by atoms with E-state index >= 15 is 0 Å². The molecule has 3 rings (SSSR count). The van der Waals surface area contributed by atoms with E-state index in [2.05, 4.69) is 30.7 Å². The molecule has 2 saturated heterocycles. The smallest absolute Gasteiger partial charge is 0.246 e. The number of carbonyl (C=O) groups excluding carboxylic acids is 2. The molecule has 0 N–H and O–H groups in total. The van der Waals surface area contributed by atoms with Gasteiger partial charge in [0.1, 0.15) is 11.5 Å². The summed E-state index contributed by atoms with van der Waals surface area (Å²) in [5.41, 5.74) is 1.39. The van der Waals surface area contributed by atoms with E-state index in [4.69, 9.17) is 9.47 Å². The van der Waals surface area contributed by atoms with Crippen molar-refractivity contribution in [3.63, 3.8) is 0 Å². The van der Waals surface area contributed by atoms with Crippen LogP contribution in [0.4, 0.5) is 0 Å². The Hall–Kier alpha value is -2.38. The summed E-state index contributed by atoms with van der Waals surface area (Å²) in [6.45, 7) is 11.6. The number of benzene rings is 1. The topological polar surface area (TPSA) is 62.3 Å². The first-order chi connectivity index (χ1) is 16.9. The lowest BCUT2D eigenvalue weighted by Gasteiger charge is -2.44. The number of hydrogen-bond donors (Lipinski definition) is 0. The van der Waals surface area contributed by atoms with E-state index in [1.165, 1.54) is 12.2 Å². The van der Waals surface area contributed by atoms with E-state index < -0.39 is 0 Å². The zero-order valence-electron chi connectivity index (χ0n) is 22.2. The Bertz CT molecular complexity index is 892. The molecule has 0 spiro atoms. The first-order valence-corrected chi connectivity index (χ1v) is 13.2. The SMILES string of the molecule is CCCCc1c(OCC)ccc(C(=O)C=CC(=O)N2CCC(N3CCN(C)C(C)C3)CC2)c1OC. The normalized spacial score (nSPS) is 20.4. The second-order valence-electron chi connectivity index (χ2n) is 9.74. The number of unbranched alkanes of at least 4 members (excludes halogenated alkanes) is 1. The van der Waals surface area contributed by atoms with Crippen molar-refractivity contribution in [3.05, 3.63) is 35.4 Å². The molecule has 35 heavy (non-hydrogen) atoms. The molecule has 1 aromatic rings. The Morgan fingerprint density at radius 2 is 1.83 bits per heavy atom. The highest BCUT2D eigenvalue weighted by Crippen LogP contribution is 2.34. The molecule has 0 aromatic heterocycles. The molecule has 2 aliphatic heterocycles. The molecule has 2 heterocycles. The van der Waals surface area contributed by atoms with E-state index in [0.29, 0.717) is 30.0 Å². The van der Waals surface area contributed by atoms with E-state index in [-0.39, 0.29) is 11.7 Å². The minimum absolute atomic E-state index is 0.0975. The van der Waals surface area contributed by atoms with Crippen LogP contribution in [0, 0.1) is 0 Å². The number of likely N-dealkylation sites (N-methyl/N-ethyl adjacent to an activating group) is 1. The Kier molecular flexibility index (Phi) is 10.2. The molecule has 7 heteroatoms. The fourth-order valence-electron chi connectivity index (χ4n) is 5.12. The highest BCUT2D eigenvalue weighted by Gasteiger charge is 2.30. The van der Waals surface area contributed by atoms with Crippen LogP contribution in [-0.4, -0.2) is 92.0 Å². The van der Waals surface area contributed by atoms with Crippen molar-refractivity contribution in [2.75, 3.05) is 53.5 Å². The number of amides is 1. The van der Waals surface area contributed by atoms with Crippen LogP contribution < -0.4 is 9.47 Å². The van der Waals surface area contributed by atoms with Crippen molar-refractivity contribution in [2.45, 2.75) is 65.0 Å². The standard InChI is InChI=1S/C28H43N3O4/c1-6-8-9-24-26(35-7-2)12-10-23(28(24)34-5)25(32)11-13-27(33)30-16-14-22(15-17-30)31-19-18-29(4)21(3)20-31/h10-13,21-22H,6-9,14-20H2,1-5H3. The predicted octanol–water partition coefficient (Wildman–Crippen LogP) is 3.80. The maximum Gasteiger partial charge on any atom is 0.246 e. The van der Waals surface area contributed by atoms with Crippen LogP contribution in [0.2, 0.25) is 0 Å². The van der Waals surface area contributed by atoms with Crippen LogP contribution in [0.5, 0.6) is 11.5 Å². The molecule has 1 amide bonds. The van der Waals surface area contributed by atoms with Gasteiger partial charge in [-0.2, -0.15) is 0 Å². The zero-order valence-corrected chi connectivity index (χ0v) is 22.2. The summed E-state index contributed by atoms with van der Waals surface area (Å²) in [6.07, 6.45) is 7.56. The molecule has 0 radical (unpaired) electrons. The third-order valence-corrected chi connectivity index (χ3v) is 7.43. The van der Waals surface area contributed by atoms with Gasteiger partial charge in [-0.3, -0.25) is 14.5 Å². The molecule has 1 aromatic carbocycles. The van der Waals surface area contributed by atoms with Gasteiger partial charge in [0.2, 0.25) is 5.91 Å². The van der Waals surface area contributed by atoms with Gasteiger partial charge in [-0.05, 0) is 64.8 Å². The maximum absolute atomic E-state index is 13.0. The average Bonchev–Trinajstić information content (AvgIpc) is 2.87. The number of hydrogen-bond acceptors (Lipinski definition) is 6. The van der Waals surface area contributed by atoms with Crippen molar-refractivity contribution < 1.29 is 19.1 Å². The minimum Gasteiger partial charge on any atom is -0.496 e. The van der Waals surface area contributed by atoms with Gasteiger partial charge in [0.15, 0.2) is 5.78 Å². The average molecular weight is 486 g/mol. The fourth-order valence-corrected chi connectivity index (χ4v) is 5.12. The quantitative estimate of drug-likeness (QED) is 0.371. The second-order valence-corrected chi connectivity index (χ2v) is 9.74. The van der Waals surface area contributed by atoms with Crippen molar-refractivity contribution >= 4 is 11.7 Å². The maximum atomic E-state index is 13.0. The van der Waals surface area contributed by atoms with Crippen LogP contribution in [0.3, 0.4) is 0 Å². The zero-order chi connectivity index (χ0) is 25.4. The van der Waals surface area contributed by atoms with Gasteiger partial charge in [0.25, 0.3) is 0 Å². The number of rotatable bonds is 10. The third kappa shape index (κ3) is 6.85. The van der Waals surface area contributed by atoms with Crippen LogP contribution in [-0.2, 0) is 11.2 Å². The number of ketones is 1. The van der Waals surface area contributed by atoms with Gasteiger partial charge < -0.3 is 19.3 Å². The molecule has 7 nitrogen and oxygen atoms in total. The monoisotopic (exact) mass is 485 g/mol. The van der Waals surface area contributed by atoms with Gasteiger partial charge in [-0.1, -0.05) is 13.3 Å². The lowest BCUT2D eigenvalue weighted by molar-refractivity contribution is -0.127. The van der Waals surface area contributed by atoms with Crippen molar-refractivity contribution in [1.82, 2.24) is 14.7 Å². The Morgan fingerprint density at radius 3 is 2.46 bits per heavy atom. The van der Waals surface area contributed by atoms with Crippen molar-refractivity contribution in [2.24, 2.45) is 0 Å². The minimum atomic E-state index is -0.225. The van der Waals surface area contributed by atoms with Crippen LogP contribution in [0.1, 0.15) is 62.4 Å². The summed E-state index contributed by atoms with van der Waals surface area (Å²) in [6, 6.07) is 4.68. The van der Waals surface area contributed by atoms with Crippen molar-refractivity contribution in [1.29, 1.82) is 0 Å². The summed E-state index contributed by atoms with van der Waals surface area (Å²) in [4.78, 5) is 32.7. The summed E-state index contributed by atoms with van der Waals surface area (Å²) in [5.74, 6) is 0.984. The highest BCUT2D eigenvalue weighted by molar-refractivity contribution is 6.09. The van der Waals surface area contributed by atoms with Crippen LogP contribution in [0.15, 0.2) is 24.3 Å². The van der Waals surface area contributed by atoms with Gasteiger partial charge in [-0.15, -0.1) is 0 Å². The third-order valence-electron chi connectivity index (χ3n) is 7.43. The number of piperazine rings is 1. The largest absolute Gasteiger partial charge is 0.496 e. The Labute approximate surface area is 211 Å². The first kappa shape index (κ1) is 27.2. The number of ether oxygens (including phenoxy) is 2. The Balaban J connectivity index is 1.62. The van der Waals surface area contributed by atoms with Gasteiger partial charge in [0.05, 0.1) is 19.3 Å². The molecule has 1 atom stereocenters. The number of allylic oxidation sites excluding steroid dienone is 1. The first-order valence-electron chi connectivity index (χ1n) is 13.2. The van der Waals surface area contributed by atoms with E-state index in [1.807, 2.05) is 17.9 Å². The number of likely N-dealkylation sites (tertiary alicyclic amines) is 1. The summed E-state index contributed by atoms with van der Waals surface area (Å²) < 4.78 is 11.4. The molecule has 2 fully saturated rings. The summed E-state index contributed by atoms with van der Waals surface area (Å²) >= 11 is 0. The molecule has 1 unspecified atom stereocenters. The van der Waals surface area contributed by atoms with Crippen LogP contribution in [0.25, 0.3) is 0 Å². The van der Waals surface area contributed by atoms with Gasteiger partial charge in [-0.25, -0.2) is 0 Å². The number of methoxy groups -OCH3 is 1. The summed E-state index contributed by atoms with van der Waals surface area (Å²) in [7, 11) is 3.77. The number of carbonyl (C=O) groups is 2. The molecule has 0 saturated carbocycles. The molecular formula is C28H43N3O4. The molecule has 2 aliphatic rings. The Morgan fingerprint density at radius 1 is 1.09 bits per heavy atom. The molecular weight excluding hydrogens is 442 g/mol. The second kappa shape index (κ2) is 13.1. The van der Waals surface area contributed by atoms with E-state index in [1.54, 1.807) is 13.2 Å². The molecule has 0 bridgehead atoms. The predicted molar refractivity (Wildman–Crippen MR) is 140 cm³/mol. The highest BCUT2D eigenvalue weighted by atomic mass is 16.5. The molecule has 194 valence electrons. The van der Waals surface area contributed by atoms with E-state index in [9.17, 15) is 9.59 Å². The fraction of sp³-hybridized carbons (Fsp3) is 0.643. The lowest BCUT2D eigenvalue weighted by Crippen LogP contribution is -2.55. The number of nitrogens with zero attached hydrogens (tertiary/aromatic N) is 3.